The summed E-state index contributed by atoms with van der Waals surface area (Å²) in [6, 6.07) is 0. The summed E-state index contributed by atoms with van der Waals surface area (Å²) in [5.74, 6) is -0.415. The maximum Gasteiger partial charge on any atom is 0.249 e. The van der Waals surface area contributed by atoms with Gasteiger partial charge < -0.3 is 4.90 Å². The molecule has 21 heavy (non-hydrogen) atoms. The highest BCUT2D eigenvalue weighted by Gasteiger charge is 2.33. The van der Waals surface area contributed by atoms with E-state index in [4.69, 9.17) is 0 Å². The normalized spacial score (nSPS) is 20.1. The number of aromatic nitrogens is 2. The van der Waals surface area contributed by atoms with Crippen LogP contribution < -0.4 is 4.90 Å². The third-order valence-electron chi connectivity index (χ3n) is 4.08. The molecular weight excluding hydrogens is 275 g/mol. The van der Waals surface area contributed by atoms with E-state index in [1.807, 2.05) is 0 Å². The number of carbonyl (C=O) groups is 2. The summed E-state index contributed by atoms with van der Waals surface area (Å²) in [6.07, 6.45) is 6.10. The molecule has 0 unspecified atom stereocenters. The molecule has 1 aromatic rings. The van der Waals surface area contributed by atoms with Crippen molar-refractivity contribution in [1.29, 1.82) is 0 Å². The molecule has 3 rings (SSSR count). The second-order valence-corrected chi connectivity index (χ2v) is 5.49. The van der Waals surface area contributed by atoms with E-state index in [2.05, 4.69) is 9.97 Å². The number of halogens is 1. The van der Waals surface area contributed by atoms with E-state index < -0.39 is 5.82 Å². The highest BCUT2D eigenvalue weighted by molar-refractivity contribution is 5.96. The number of nitrogens with zero attached hydrogens (tertiary/aromatic N) is 4. The minimum absolute atomic E-state index is 0.0517. The van der Waals surface area contributed by atoms with E-state index in [0.29, 0.717) is 13.1 Å². The minimum atomic E-state index is -0.541. The van der Waals surface area contributed by atoms with Gasteiger partial charge in [0, 0.05) is 19.0 Å². The number of hydrogen-bond donors (Lipinski definition) is 0. The Morgan fingerprint density at radius 1 is 1.19 bits per heavy atom. The van der Waals surface area contributed by atoms with Gasteiger partial charge in [-0.05, 0) is 12.8 Å². The van der Waals surface area contributed by atoms with Crippen LogP contribution in [-0.2, 0) is 9.59 Å². The van der Waals surface area contributed by atoms with Gasteiger partial charge in [0.25, 0.3) is 0 Å². The second-order valence-electron chi connectivity index (χ2n) is 5.49. The van der Waals surface area contributed by atoms with Crippen LogP contribution in [0.4, 0.5) is 10.3 Å². The van der Waals surface area contributed by atoms with Gasteiger partial charge in [-0.25, -0.2) is 14.4 Å². The lowest BCUT2D eigenvalue weighted by Gasteiger charge is -2.34. The van der Waals surface area contributed by atoms with Crippen molar-refractivity contribution in [2.75, 3.05) is 24.5 Å². The van der Waals surface area contributed by atoms with Crippen LogP contribution in [0.2, 0.25) is 0 Å². The van der Waals surface area contributed by atoms with Crippen molar-refractivity contribution in [3.63, 3.8) is 0 Å². The summed E-state index contributed by atoms with van der Waals surface area (Å²) >= 11 is 0. The molecule has 0 radical (unpaired) electrons. The van der Waals surface area contributed by atoms with Crippen molar-refractivity contribution >= 4 is 17.8 Å². The molecular formula is C14H17FN4O2. The Labute approximate surface area is 122 Å². The zero-order valence-electron chi connectivity index (χ0n) is 11.7. The van der Waals surface area contributed by atoms with Crippen LogP contribution in [0.1, 0.15) is 25.7 Å². The third-order valence-corrected chi connectivity index (χ3v) is 4.08. The summed E-state index contributed by atoms with van der Waals surface area (Å²) < 4.78 is 12.8. The lowest BCUT2D eigenvalue weighted by molar-refractivity contribution is -0.140. The van der Waals surface area contributed by atoms with Crippen LogP contribution in [-0.4, -0.2) is 46.3 Å². The Morgan fingerprint density at radius 2 is 1.86 bits per heavy atom. The minimum Gasteiger partial charge on any atom is -0.331 e. The second kappa shape index (κ2) is 5.75. The van der Waals surface area contributed by atoms with Crippen LogP contribution in [0.15, 0.2) is 12.4 Å². The molecule has 1 aliphatic carbocycles. The van der Waals surface area contributed by atoms with E-state index in [1.54, 1.807) is 4.90 Å². The number of carbonyl (C=O) groups excluding carboxylic acids is 2. The lowest BCUT2D eigenvalue weighted by Crippen LogP contribution is -2.54. The van der Waals surface area contributed by atoms with Gasteiger partial charge in [0.1, 0.15) is 6.54 Å². The van der Waals surface area contributed by atoms with E-state index in [9.17, 15) is 14.0 Å². The molecule has 2 heterocycles. The number of rotatable bonds is 2. The molecule has 6 nitrogen and oxygen atoms in total. The largest absolute Gasteiger partial charge is 0.331 e. The van der Waals surface area contributed by atoms with Gasteiger partial charge in [-0.1, -0.05) is 12.8 Å². The summed E-state index contributed by atoms with van der Waals surface area (Å²) in [4.78, 5) is 35.1. The number of hydrogen-bond acceptors (Lipinski definition) is 4. The van der Waals surface area contributed by atoms with Crippen LogP contribution in [0.25, 0.3) is 0 Å². The molecule has 0 spiro atoms. The first-order valence-electron chi connectivity index (χ1n) is 7.22. The topological polar surface area (TPSA) is 66.4 Å². The summed E-state index contributed by atoms with van der Waals surface area (Å²) in [5.41, 5.74) is 0. The molecule has 2 amide bonds. The van der Waals surface area contributed by atoms with Gasteiger partial charge in [0.2, 0.25) is 17.8 Å². The average Bonchev–Trinajstić information content (AvgIpc) is 3.02. The molecule has 0 aromatic carbocycles. The van der Waals surface area contributed by atoms with Gasteiger partial charge >= 0.3 is 0 Å². The maximum absolute atomic E-state index is 12.8. The molecule has 0 bridgehead atoms. The van der Waals surface area contributed by atoms with Crippen molar-refractivity contribution in [3.8, 4) is 0 Å². The Balaban J connectivity index is 1.65. The first-order valence-corrected chi connectivity index (χ1v) is 7.22. The molecule has 1 aliphatic heterocycles. The SMILES string of the molecule is O=C(C1CCCC1)N1CCN(c2ncc(F)cn2)C(=O)C1. The fraction of sp³-hybridized carbons (Fsp3) is 0.571. The van der Waals surface area contributed by atoms with Crippen LogP contribution in [0.5, 0.6) is 0 Å². The molecule has 0 N–H and O–H groups in total. The Kier molecular flexibility index (Phi) is 3.81. The van der Waals surface area contributed by atoms with Gasteiger partial charge in [0.05, 0.1) is 12.4 Å². The molecule has 1 saturated carbocycles. The molecule has 7 heteroatoms. The van der Waals surface area contributed by atoms with Gasteiger partial charge in [0.15, 0.2) is 5.82 Å². The molecule has 1 saturated heterocycles. The zero-order chi connectivity index (χ0) is 14.8. The summed E-state index contributed by atoms with van der Waals surface area (Å²) in [7, 11) is 0. The summed E-state index contributed by atoms with van der Waals surface area (Å²) in [5, 5.41) is 0. The quantitative estimate of drug-likeness (QED) is 0.815. The zero-order valence-corrected chi connectivity index (χ0v) is 11.7. The van der Waals surface area contributed by atoms with E-state index >= 15 is 0 Å². The number of anilines is 1. The molecule has 112 valence electrons. The van der Waals surface area contributed by atoms with Crippen LogP contribution >= 0.6 is 0 Å². The van der Waals surface area contributed by atoms with Crippen molar-refractivity contribution < 1.29 is 14.0 Å². The summed E-state index contributed by atoms with van der Waals surface area (Å²) in [6.45, 7) is 0.876. The third kappa shape index (κ3) is 2.86. The van der Waals surface area contributed by atoms with E-state index in [0.717, 1.165) is 38.1 Å². The predicted octanol–water partition coefficient (Wildman–Crippen LogP) is 0.981. The van der Waals surface area contributed by atoms with Crippen molar-refractivity contribution in [2.45, 2.75) is 25.7 Å². The van der Waals surface area contributed by atoms with E-state index in [-0.39, 0.29) is 30.2 Å². The molecule has 2 fully saturated rings. The highest BCUT2D eigenvalue weighted by atomic mass is 19.1. The fourth-order valence-electron chi connectivity index (χ4n) is 2.95. The van der Waals surface area contributed by atoms with Crippen LogP contribution in [0, 0.1) is 11.7 Å². The highest BCUT2D eigenvalue weighted by Crippen LogP contribution is 2.27. The van der Waals surface area contributed by atoms with Crippen molar-refractivity contribution in [3.05, 3.63) is 18.2 Å². The van der Waals surface area contributed by atoms with Crippen molar-refractivity contribution in [2.24, 2.45) is 5.92 Å². The Hall–Kier alpha value is -2.05. The monoisotopic (exact) mass is 292 g/mol. The Bertz CT molecular complexity index is 542. The fourth-order valence-corrected chi connectivity index (χ4v) is 2.95. The van der Waals surface area contributed by atoms with Gasteiger partial charge in [-0.3, -0.25) is 14.5 Å². The molecule has 1 aromatic heterocycles. The van der Waals surface area contributed by atoms with Gasteiger partial charge in [-0.15, -0.1) is 0 Å². The smallest absolute Gasteiger partial charge is 0.249 e. The first-order chi connectivity index (χ1) is 10.1. The number of amides is 2. The standard InChI is InChI=1S/C14H17FN4O2/c15-11-7-16-14(17-8-11)19-6-5-18(9-12(19)20)13(21)10-3-1-2-4-10/h7-8,10H,1-6,9H2. The molecule has 0 atom stereocenters. The Morgan fingerprint density at radius 3 is 2.48 bits per heavy atom. The average molecular weight is 292 g/mol. The van der Waals surface area contributed by atoms with Crippen molar-refractivity contribution in [1.82, 2.24) is 14.9 Å². The number of piperazine rings is 1. The molecule has 2 aliphatic rings. The predicted molar refractivity (Wildman–Crippen MR) is 72.9 cm³/mol. The van der Waals surface area contributed by atoms with Crippen LogP contribution in [0.3, 0.4) is 0 Å². The first kappa shape index (κ1) is 13.9. The van der Waals surface area contributed by atoms with E-state index in [1.165, 1.54) is 4.90 Å². The lowest BCUT2D eigenvalue weighted by atomic mass is 10.1. The maximum atomic E-state index is 12.8. The van der Waals surface area contributed by atoms with Gasteiger partial charge in [-0.2, -0.15) is 0 Å².